The average Bonchev–Trinajstić information content (AvgIpc) is 3.45. The predicted molar refractivity (Wildman–Crippen MR) is 147 cm³/mol. The Morgan fingerprint density at radius 3 is 2.76 bits per heavy atom. The molecule has 3 amide bonds. The van der Waals surface area contributed by atoms with Crippen LogP contribution in [-0.4, -0.2) is 63.0 Å². The lowest BCUT2D eigenvalue weighted by atomic mass is 9.61. The summed E-state index contributed by atoms with van der Waals surface area (Å²) >= 11 is 0. The molecule has 1 aromatic carbocycles. The fraction of sp³-hybridized carbons (Fsp3) is 0.448. The van der Waals surface area contributed by atoms with Gasteiger partial charge in [0, 0.05) is 23.1 Å². The summed E-state index contributed by atoms with van der Waals surface area (Å²) in [5.41, 5.74) is 12.5. The first-order valence-corrected chi connectivity index (χ1v) is 13.9. The number of benzene rings is 1. The van der Waals surface area contributed by atoms with Gasteiger partial charge in [-0.25, -0.2) is 9.89 Å². The Kier molecular flexibility index (Phi) is 6.62. The second-order valence-corrected chi connectivity index (χ2v) is 11.5. The fourth-order valence-electron chi connectivity index (χ4n) is 7.28. The van der Waals surface area contributed by atoms with Crippen LogP contribution in [0.25, 0.3) is 0 Å². The number of hydrogen-bond donors (Lipinski definition) is 5. The summed E-state index contributed by atoms with van der Waals surface area (Å²) in [6.07, 6.45) is 8.94. The second-order valence-electron chi connectivity index (χ2n) is 11.5. The number of primary amides is 2. The minimum Gasteiger partial charge on any atom is -0.366 e. The Morgan fingerprint density at radius 1 is 1.22 bits per heavy atom. The third-order valence-electron chi connectivity index (χ3n) is 9.25. The molecule has 6 rings (SSSR count). The highest BCUT2D eigenvalue weighted by atomic mass is 16.2. The monoisotopic (exact) mass is 556 g/mol. The number of aromatic amines is 2. The molecule has 2 heterocycles. The van der Waals surface area contributed by atoms with Crippen LogP contribution in [0.2, 0.25) is 0 Å². The molecule has 1 aliphatic heterocycles. The van der Waals surface area contributed by atoms with Crippen molar-refractivity contribution in [2.75, 3.05) is 13.1 Å². The molecule has 1 aromatic heterocycles. The number of carbonyl (C=O) groups excluding carboxylic acids is 3. The van der Waals surface area contributed by atoms with Crippen LogP contribution in [0.4, 0.5) is 0 Å². The summed E-state index contributed by atoms with van der Waals surface area (Å²) in [4.78, 5) is 54.2. The van der Waals surface area contributed by atoms with E-state index in [4.69, 9.17) is 11.5 Å². The number of piperidine rings is 1. The Bertz CT molecular complexity index is 1580. The maximum Gasteiger partial charge on any atom is 0.340 e. The van der Waals surface area contributed by atoms with E-state index >= 15 is 0 Å². The van der Waals surface area contributed by atoms with Gasteiger partial charge in [-0.05, 0) is 73.7 Å². The Hall–Kier alpha value is -4.50. The van der Waals surface area contributed by atoms with Crippen molar-refractivity contribution in [3.63, 3.8) is 0 Å². The molecule has 12 nitrogen and oxygen atoms in total. The number of rotatable bonds is 8. The van der Waals surface area contributed by atoms with Crippen LogP contribution in [0.5, 0.6) is 0 Å². The van der Waals surface area contributed by atoms with E-state index in [0.29, 0.717) is 48.7 Å². The number of aromatic nitrogens is 3. The number of nitriles is 1. The molecule has 0 spiro atoms. The zero-order chi connectivity index (χ0) is 28.9. The average molecular weight is 557 g/mol. The number of nitrogens with zero attached hydrogens (tertiary/aromatic N) is 3. The van der Waals surface area contributed by atoms with Gasteiger partial charge < -0.3 is 21.7 Å². The summed E-state index contributed by atoms with van der Waals surface area (Å²) in [6, 6.07) is 7.38. The van der Waals surface area contributed by atoms with Crippen molar-refractivity contribution >= 4 is 17.7 Å². The topological polar surface area (TPSA) is 204 Å². The van der Waals surface area contributed by atoms with Gasteiger partial charge in [-0.1, -0.05) is 24.3 Å². The van der Waals surface area contributed by atoms with Crippen LogP contribution >= 0.6 is 0 Å². The van der Waals surface area contributed by atoms with E-state index in [0.717, 1.165) is 24.0 Å². The molecule has 1 saturated heterocycles. The first-order valence-electron chi connectivity index (χ1n) is 13.9. The largest absolute Gasteiger partial charge is 0.366 e. The molecular formula is C29H32N8O4. The molecule has 41 heavy (non-hydrogen) atoms. The minimum atomic E-state index is -0.886. The number of nitrogens with two attached hydrogens (primary N) is 2. The summed E-state index contributed by atoms with van der Waals surface area (Å²) in [5, 5.41) is 19.7. The number of likely N-dealkylation sites (tertiary alicyclic amines) is 1. The van der Waals surface area contributed by atoms with Crippen LogP contribution in [0.3, 0.4) is 0 Å². The minimum absolute atomic E-state index is 0.0810. The standard InChI is InChI=1S/C29H32N8O4/c30-13-20-11-19-12-23(19)37(20)24(38)14-33-8-7-29(27-34-28(41)36-35-27)21-5-3-17(25(31)39)9-15(21)1-2-16-10-18(26(32)40)4-6-22(16)29/h3-6,9-10,15,19-21,23,33H,1-2,7-8,11-12,14H2,(H2,31,39)(H2,32,40)(H2,34,35,36,41)/t15?,19-,20?,21?,23+,29?/m1/s1. The Labute approximate surface area is 235 Å². The van der Waals surface area contributed by atoms with E-state index in [9.17, 15) is 24.4 Å². The van der Waals surface area contributed by atoms with Crippen LogP contribution in [0.1, 0.15) is 53.0 Å². The van der Waals surface area contributed by atoms with Gasteiger partial charge >= 0.3 is 5.69 Å². The maximum absolute atomic E-state index is 13.1. The summed E-state index contributed by atoms with van der Waals surface area (Å²) in [7, 11) is 0. The van der Waals surface area contributed by atoms with Crippen molar-refractivity contribution in [1.29, 1.82) is 5.26 Å². The second kappa shape index (κ2) is 10.2. The van der Waals surface area contributed by atoms with Crippen LogP contribution in [0.15, 0.2) is 46.8 Å². The van der Waals surface area contributed by atoms with E-state index in [1.54, 1.807) is 23.1 Å². The molecule has 3 aliphatic carbocycles. The highest BCUT2D eigenvalue weighted by Crippen LogP contribution is 2.51. The maximum atomic E-state index is 13.1. The van der Waals surface area contributed by atoms with E-state index in [1.165, 1.54) is 0 Å². The van der Waals surface area contributed by atoms with Crippen molar-refractivity contribution in [3.8, 4) is 6.07 Å². The highest BCUT2D eigenvalue weighted by Gasteiger charge is 2.54. The zero-order valence-corrected chi connectivity index (χ0v) is 22.4. The van der Waals surface area contributed by atoms with Gasteiger partial charge in [0.25, 0.3) is 0 Å². The van der Waals surface area contributed by atoms with Crippen molar-refractivity contribution in [2.24, 2.45) is 29.2 Å². The smallest absolute Gasteiger partial charge is 0.340 e. The third kappa shape index (κ3) is 4.56. The zero-order valence-electron chi connectivity index (χ0n) is 22.4. The summed E-state index contributed by atoms with van der Waals surface area (Å²) in [6.45, 7) is 0.470. The van der Waals surface area contributed by atoms with Crippen molar-refractivity contribution in [2.45, 2.75) is 49.6 Å². The molecule has 212 valence electrons. The number of hydrogen-bond acceptors (Lipinski definition) is 7. The number of allylic oxidation sites excluding steroid dienone is 2. The van der Waals surface area contributed by atoms with Gasteiger partial charge in [0.1, 0.15) is 11.9 Å². The SMILES string of the molecule is N#CC1C[C@@H]2C[C@@H]2N1C(=O)CNCCC1(c2n[nH]c(=O)[nH]2)c2ccc(C(N)=O)cc2CCC2C=C(C(N)=O)C=CC21. The number of aryl methyl sites for hydroxylation is 1. The highest BCUT2D eigenvalue weighted by molar-refractivity contribution is 5.95. The molecule has 4 aliphatic rings. The van der Waals surface area contributed by atoms with Gasteiger partial charge in [0.2, 0.25) is 17.7 Å². The van der Waals surface area contributed by atoms with Gasteiger partial charge in [-0.15, -0.1) is 0 Å². The molecular weight excluding hydrogens is 524 g/mol. The molecule has 2 aromatic rings. The lowest BCUT2D eigenvalue weighted by Crippen LogP contribution is -2.46. The lowest BCUT2D eigenvalue weighted by molar-refractivity contribution is -0.131. The van der Waals surface area contributed by atoms with Gasteiger partial charge in [0.15, 0.2) is 0 Å². The first kappa shape index (κ1) is 26.7. The van der Waals surface area contributed by atoms with E-state index in [-0.39, 0.29) is 36.4 Å². The fourth-order valence-corrected chi connectivity index (χ4v) is 7.28. The van der Waals surface area contributed by atoms with E-state index < -0.39 is 22.9 Å². The third-order valence-corrected chi connectivity index (χ3v) is 9.25. The molecule has 2 fully saturated rings. The van der Waals surface area contributed by atoms with E-state index in [1.807, 2.05) is 18.2 Å². The molecule has 1 saturated carbocycles. The van der Waals surface area contributed by atoms with Crippen LogP contribution < -0.4 is 22.5 Å². The predicted octanol–water partition coefficient (Wildman–Crippen LogP) is 0.136. The molecule has 6 atom stereocenters. The number of carbonyl (C=O) groups is 3. The molecule has 7 N–H and O–H groups in total. The number of amides is 3. The number of fused-ring (bicyclic) bond motifs is 3. The van der Waals surface area contributed by atoms with Crippen LogP contribution in [-0.2, 0) is 21.4 Å². The Balaban J connectivity index is 1.36. The normalized spacial score (nSPS) is 29.4. The number of H-pyrrole nitrogens is 2. The summed E-state index contributed by atoms with van der Waals surface area (Å²) in [5.74, 6) is -0.652. The summed E-state index contributed by atoms with van der Waals surface area (Å²) < 4.78 is 0. The lowest BCUT2D eigenvalue weighted by Gasteiger charge is -2.42. The van der Waals surface area contributed by atoms with Crippen molar-refractivity contribution in [3.05, 3.63) is 75.0 Å². The van der Waals surface area contributed by atoms with E-state index in [2.05, 4.69) is 26.6 Å². The Morgan fingerprint density at radius 2 is 2.05 bits per heavy atom. The van der Waals surface area contributed by atoms with Gasteiger partial charge in [-0.3, -0.25) is 19.4 Å². The molecule has 12 heteroatoms. The molecule has 0 bridgehead atoms. The molecule has 0 radical (unpaired) electrons. The van der Waals surface area contributed by atoms with Gasteiger partial charge in [-0.2, -0.15) is 10.4 Å². The van der Waals surface area contributed by atoms with Gasteiger partial charge in [0.05, 0.1) is 18.0 Å². The first-order chi connectivity index (χ1) is 19.7. The van der Waals surface area contributed by atoms with Crippen molar-refractivity contribution < 1.29 is 14.4 Å². The van der Waals surface area contributed by atoms with Crippen LogP contribution in [0, 0.1) is 29.1 Å². The number of nitrogens with one attached hydrogen (secondary N) is 3. The quantitative estimate of drug-likeness (QED) is 0.284. The molecule has 4 unspecified atom stereocenters. The van der Waals surface area contributed by atoms with Crippen molar-refractivity contribution in [1.82, 2.24) is 25.4 Å².